The van der Waals surface area contributed by atoms with Crippen LogP contribution in [0.3, 0.4) is 0 Å². The molecule has 31 heavy (non-hydrogen) atoms. The van der Waals surface area contributed by atoms with Gasteiger partial charge in [-0.25, -0.2) is 0 Å². The molecule has 1 aromatic carbocycles. The Morgan fingerprint density at radius 3 is 2.42 bits per heavy atom. The summed E-state index contributed by atoms with van der Waals surface area (Å²) in [4.78, 5) is 32.1. The van der Waals surface area contributed by atoms with E-state index in [9.17, 15) is 9.59 Å². The highest BCUT2D eigenvalue weighted by molar-refractivity contribution is 5.91. The van der Waals surface area contributed by atoms with Gasteiger partial charge in [0.15, 0.2) is 0 Å². The minimum atomic E-state index is -0.0565. The van der Waals surface area contributed by atoms with Crippen LogP contribution in [0, 0.1) is 5.92 Å². The van der Waals surface area contributed by atoms with Gasteiger partial charge in [-0.3, -0.25) is 14.5 Å². The molecule has 1 N–H and O–H groups in total. The largest absolute Gasteiger partial charge is 0.355 e. The van der Waals surface area contributed by atoms with Crippen molar-refractivity contribution in [1.82, 2.24) is 20.0 Å². The van der Waals surface area contributed by atoms with Gasteiger partial charge in [0.25, 0.3) is 0 Å². The molecule has 1 unspecified atom stereocenters. The first kappa shape index (κ1) is 23.5. The maximum atomic E-state index is 13.1. The number of amides is 2. The zero-order chi connectivity index (χ0) is 22.1. The molecule has 1 aliphatic heterocycles. The van der Waals surface area contributed by atoms with Crippen LogP contribution in [0.15, 0.2) is 36.4 Å². The molecule has 2 fully saturated rings. The molecule has 0 bridgehead atoms. The monoisotopic (exact) mass is 426 g/mol. The lowest BCUT2D eigenvalue weighted by atomic mass is 9.95. The van der Waals surface area contributed by atoms with E-state index in [4.69, 9.17) is 0 Å². The van der Waals surface area contributed by atoms with Crippen molar-refractivity contribution < 1.29 is 9.59 Å². The van der Waals surface area contributed by atoms with Crippen LogP contribution in [-0.4, -0.2) is 85.9 Å². The number of carbonyl (C=O) groups is 2. The Morgan fingerprint density at radius 2 is 1.77 bits per heavy atom. The van der Waals surface area contributed by atoms with E-state index >= 15 is 0 Å². The van der Waals surface area contributed by atoms with Crippen molar-refractivity contribution in [1.29, 1.82) is 0 Å². The van der Waals surface area contributed by atoms with Gasteiger partial charge in [-0.1, -0.05) is 43.2 Å². The Kier molecular flexibility index (Phi) is 9.10. The van der Waals surface area contributed by atoms with E-state index in [1.807, 2.05) is 41.3 Å². The van der Waals surface area contributed by atoms with Crippen LogP contribution in [0.2, 0.25) is 0 Å². The second-order valence-corrected chi connectivity index (χ2v) is 9.04. The Labute approximate surface area is 187 Å². The molecular formula is C25H38N4O2. The first-order valence-electron chi connectivity index (χ1n) is 11.7. The lowest BCUT2D eigenvalue weighted by Gasteiger charge is -2.40. The lowest BCUT2D eigenvalue weighted by Crippen LogP contribution is -2.58. The topological polar surface area (TPSA) is 55.9 Å². The molecule has 1 aromatic rings. The van der Waals surface area contributed by atoms with Gasteiger partial charge in [-0.15, -0.1) is 0 Å². The van der Waals surface area contributed by atoms with Gasteiger partial charge in [-0.05, 0) is 57.5 Å². The van der Waals surface area contributed by atoms with Crippen LogP contribution in [0.25, 0.3) is 6.08 Å². The van der Waals surface area contributed by atoms with Crippen LogP contribution >= 0.6 is 0 Å². The van der Waals surface area contributed by atoms with E-state index in [1.165, 1.54) is 12.8 Å². The summed E-state index contributed by atoms with van der Waals surface area (Å²) in [5, 5.41) is 3.19. The third-order valence-electron chi connectivity index (χ3n) is 6.43. The van der Waals surface area contributed by atoms with E-state index in [2.05, 4.69) is 29.2 Å². The minimum absolute atomic E-state index is 0.0501. The molecule has 1 saturated carbocycles. The van der Waals surface area contributed by atoms with Gasteiger partial charge in [-0.2, -0.15) is 0 Å². The summed E-state index contributed by atoms with van der Waals surface area (Å²) in [7, 11) is 4.11. The summed E-state index contributed by atoms with van der Waals surface area (Å²) in [5.74, 6) is 0.664. The number of piperazine rings is 1. The van der Waals surface area contributed by atoms with E-state index in [1.54, 1.807) is 6.08 Å². The third-order valence-corrected chi connectivity index (χ3v) is 6.43. The fraction of sp³-hybridized carbons (Fsp3) is 0.600. The first-order chi connectivity index (χ1) is 15.0. The summed E-state index contributed by atoms with van der Waals surface area (Å²) in [6.45, 7) is 4.58. The maximum absolute atomic E-state index is 13.1. The van der Waals surface area contributed by atoms with E-state index in [0.29, 0.717) is 19.0 Å². The second-order valence-electron chi connectivity index (χ2n) is 9.04. The fourth-order valence-electron chi connectivity index (χ4n) is 4.72. The summed E-state index contributed by atoms with van der Waals surface area (Å²) >= 11 is 0. The smallest absolute Gasteiger partial charge is 0.246 e. The molecule has 2 amide bonds. The second kappa shape index (κ2) is 12.0. The zero-order valence-electron chi connectivity index (χ0n) is 19.1. The third kappa shape index (κ3) is 7.18. The van der Waals surface area contributed by atoms with Gasteiger partial charge in [0.2, 0.25) is 11.8 Å². The Morgan fingerprint density at radius 1 is 1.10 bits per heavy atom. The Hall–Kier alpha value is -2.18. The summed E-state index contributed by atoms with van der Waals surface area (Å²) in [6, 6.07) is 9.84. The molecule has 2 aliphatic rings. The van der Waals surface area contributed by atoms with Gasteiger partial charge in [0, 0.05) is 38.8 Å². The van der Waals surface area contributed by atoms with E-state index in [0.717, 1.165) is 51.0 Å². The first-order valence-corrected chi connectivity index (χ1v) is 11.7. The molecule has 6 heteroatoms. The number of hydrogen-bond acceptors (Lipinski definition) is 4. The average molecular weight is 427 g/mol. The van der Waals surface area contributed by atoms with Crippen molar-refractivity contribution in [2.45, 2.75) is 38.1 Å². The maximum Gasteiger partial charge on any atom is 0.246 e. The van der Waals surface area contributed by atoms with Gasteiger partial charge >= 0.3 is 0 Å². The van der Waals surface area contributed by atoms with Crippen molar-refractivity contribution in [3.05, 3.63) is 42.0 Å². The molecule has 0 spiro atoms. The van der Waals surface area contributed by atoms with E-state index < -0.39 is 0 Å². The quantitative estimate of drug-likeness (QED) is 0.487. The zero-order valence-corrected chi connectivity index (χ0v) is 19.1. The Bertz CT molecular complexity index is 720. The minimum Gasteiger partial charge on any atom is -0.355 e. The molecular weight excluding hydrogens is 388 g/mol. The molecule has 1 atom stereocenters. The predicted octanol–water partition coefficient (Wildman–Crippen LogP) is 2.47. The number of rotatable bonds is 9. The van der Waals surface area contributed by atoms with Crippen molar-refractivity contribution >= 4 is 17.9 Å². The van der Waals surface area contributed by atoms with Crippen LogP contribution in [0.4, 0.5) is 0 Å². The van der Waals surface area contributed by atoms with Crippen LogP contribution in [0.1, 0.15) is 37.7 Å². The SMILES string of the molecule is CN(C)CCCNC(=O)C(C1CCCC1)N1CCN(C(=O)/C=C/c2ccccc2)CC1. The molecule has 170 valence electrons. The summed E-state index contributed by atoms with van der Waals surface area (Å²) < 4.78 is 0. The lowest BCUT2D eigenvalue weighted by molar-refractivity contribution is -0.132. The summed E-state index contributed by atoms with van der Waals surface area (Å²) in [6.07, 6.45) is 9.21. The molecule has 0 radical (unpaired) electrons. The number of hydrogen-bond donors (Lipinski definition) is 1. The van der Waals surface area contributed by atoms with Crippen molar-refractivity contribution in [2.24, 2.45) is 5.92 Å². The normalized spacial score (nSPS) is 19.3. The van der Waals surface area contributed by atoms with Gasteiger partial charge in [0.1, 0.15) is 0 Å². The molecule has 1 saturated heterocycles. The van der Waals surface area contributed by atoms with Gasteiger partial charge in [0.05, 0.1) is 6.04 Å². The van der Waals surface area contributed by atoms with Crippen LogP contribution in [0.5, 0.6) is 0 Å². The molecule has 1 heterocycles. The predicted molar refractivity (Wildman–Crippen MR) is 126 cm³/mol. The molecule has 0 aromatic heterocycles. The highest BCUT2D eigenvalue weighted by Gasteiger charge is 2.36. The number of benzene rings is 1. The molecule has 3 rings (SSSR count). The summed E-state index contributed by atoms with van der Waals surface area (Å²) in [5.41, 5.74) is 1.03. The van der Waals surface area contributed by atoms with Crippen molar-refractivity contribution in [3.63, 3.8) is 0 Å². The highest BCUT2D eigenvalue weighted by Crippen LogP contribution is 2.31. The van der Waals surface area contributed by atoms with Crippen LogP contribution < -0.4 is 5.32 Å². The molecule has 6 nitrogen and oxygen atoms in total. The number of carbonyl (C=O) groups excluding carboxylic acids is 2. The van der Waals surface area contributed by atoms with Gasteiger partial charge < -0.3 is 15.1 Å². The number of nitrogens with zero attached hydrogens (tertiary/aromatic N) is 3. The number of nitrogens with one attached hydrogen (secondary N) is 1. The van der Waals surface area contributed by atoms with Crippen molar-refractivity contribution in [2.75, 3.05) is 53.4 Å². The standard InChI is InChI=1S/C25H38N4O2/c1-27(2)16-8-15-26-25(31)24(22-11-6-7-12-22)29-19-17-28(18-20-29)23(30)14-13-21-9-4-3-5-10-21/h3-5,9-10,13-14,22,24H,6-8,11-12,15-20H2,1-2H3,(H,26,31)/b14-13+. The van der Waals surface area contributed by atoms with Crippen molar-refractivity contribution in [3.8, 4) is 0 Å². The Balaban J connectivity index is 1.53. The molecule has 1 aliphatic carbocycles. The van der Waals surface area contributed by atoms with E-state index in [-0.39, 0.29) is 17.9 Å². The van der Waals surface area contributed by atoms with Crippen LogP contribution in [-0.2, 0) is 9.59 Å². The fourth-order valence-corrected chi connectivity index (χ4v) is 4.72. The highest BCUT2D eigenvalue weighted by atomic mass is 16.2. The average Bonchev–Trinajstić information content (AvgIpc) is 3.30.